The first-order valence-electron chi connectivity index (χ1n) is 7.22. The van der Waals surface area contributed by atoms with E-state index in [9.17, 15) is 9.18 Å². The van der Waals surface area contributed by atoms with Crippen LogP contribution in [0.15, 0.2) is 48.5 Å². The van der Waals surface area contributed by atoms with Gasteiger partial charge in [-0.2, -0.15) is 0 Å². The van der Waals surface area contributed by atoms with Crippen LogP contribution in [0.5, 0.6) is 5.75 Å². The summed E-state index contributed by atoms with van der Waals surface area (Å²) in [6, 6.07) is 14.2. The molecule has 1 aliphatic heterocycles. The van der Waals surface area contributed by atoms with Crippen molar-refractivity contribution >= 4 is 22.5 Å². The highest BCUT2D eigenvalue weighted by Gasteiger charge is 2.32. The van der Waals surface area contributed by atoms with Crippen molar-refractivity contribution in [3.63, 3.8) is 0 Å². The highest BCUT2D eigenvalue weighted by atomic mass is 19.1. The Bertz CT molecular complexity index is 939. The van der Waals surface area contributed by atoms with Crippen LogP contribution in [0, 0.1) is 5.82 Å². The molecule has 2 heterocycles. The Balaban J connectivity index is 1.82. The summed E-state index contributed by atoms with van der Waals surface area (Å²) in [5.41, 5.74) is 2.21. The van der Waals surface area contributed by atoms with E-state index in [1.165, 1.54) is 18.1 Å². The van der Waals surface area contributed by atoms with E-state index < -0.39 is 5.82 Å². The van der Waals surface area contributed by atoms with Gasteiger partial charge in [0, 0.05) is 5.39 Å². The molecule has 0 saturated carbocycles. The van der Waals surface area contributed by atoms with Gasteiger partial charge in [-0.05, 0) is 24.3 Å². The zero-order chi connectivity index (χ0) is 16.0. The second kappa shape index (κ2) is 5.05. The Hall–Kier alpha value is -2.95. The number of halogens is 1. The van der Waals surface area contributed by atoms with E-state index in [1.807, 2.05) is 30.3 Å². The van der Waals surface area contributed by atoms with Gasteiger partial charge in [0.1, 0.15) is 0 Å². The largest absolute Gasteiger partial charge is 0.494 e. The minimum absolute atomic E-state index is 0.115. The van der Waals surface area contributed by atoms with Crippen molar-refractivity contribution in [3.05, 3.63) is 65.6 Å². The number of methoxy groups -OCH3 is 1. The average molecular weight is 308 g/mol. The summed E-state index contributed by atoms with van der Waals surface area (Å²) in [5, 5.41) is 0.896. The quantitative estimate of drug-likeness (QED) is 0.727. The molecule has 0 spiro atoms. The number of hydrogen-bond acceptors (Lipinski definition) is 3. The number of nitrogens with zero attached hydrogens (tertiary/aromatic N) is 2. The summed E-state index contributed by atoms with van der Waals surface area (Å²) in [4.78, 5) is 18.6. The number of ether oxygens (including phenoxy) is 1. The first kappa shape index (κ1) is 13.7. The molecule has 23 heavy (non-hydrogen) atoms. The van der Waals surface area contributed by atoms with Crippen molar-refractivity contribution in [1.29, 1.82) is 0 Å². The Kier molecular flexibility index (Phi) is 3.01. The monoisotopic (exact) mass is 308 g/mol. The maximum absolute atomic E-state index is 14.5. The molecule has 3 aromatic rings. The van der Waals surface area contributed by atoms with Crippen molar-refractivity contribution in [2.75, 3.05) is 12.0 Å². The molecule has 1 aliphatic rings. The lowest BCUT2D eigenvalue weighted by molar-refractivity contribution is 0.0996. The molecule has 2 aromatic carbocycles. The number of carbonyl (C=O) groups is 1. The molecule has 5 heteroatoms. The number of rotatable bonds is 2. The lowest BCUT2D eigenvalue weighted by Gasteiger charge is -2.17. The molecule has 4 rings (SSSR count). The fraction of sp³-hybridized carbons (Fsp3) is 0.111. The van der Waals surface area contributed by atoms with Gasteiger partial charge in [0.25, 0.3) is 5.91 Å². The van der Waals surface area contributed by atoms with Gasteiger partial charge in [-0.15, -0.1) is 0 Å². The zero-order valence-corrected chi connectivity index (χ0v) is 12.4. The highest BCUT2D eigenvalue weighted by Crippen LogP contribution is 2.33. The van der Waals surface area contributed by atoms with E-state index in [2.05, 4.69) is 4.98 Å². The van der Waals surface area contributed by atoms with Crippen LogP contribution in [0.3, 0.4) is 0 Å². The van der Waals surface area contributed by atoms with Crippen molar-refractivity contribution in [2.24, 2.45) is 0 Å². The van der Waals surface area contributed by atoms with Gasteiger partial charge in [-0.25, -0.2) is 4.39 Å². The third-order valence-electron chi connectivity index (χ3n) is 4.04. The Morgan fingerprint density at radius 3 is 2.83 bits per heavy atom. The predicted octanol–water partition coefficient (Wildman–Crippen LogP) is 3.54. The first-order valence-corrected chi connectivity index (χ1v) is 7.22. The summed E-state index contributed by atoms with van der Waals surface area (Å²) in [6.07, 6.45) is 0. The van der Waals surface area contributed by atoms with E-state index in [-0.39, 0.29) is 23.9 Å². The summed E-state index contributed by atoms with van der Waals surface area (Å²) >= 11 is 0. The van der Waals surface area contributed by atoms with Crippen LogP contribution in [-0.2, 0) is 6.54 Å². The number of carbonyl (C=O) groups excluding carboxylic acids is 1. The molecule has 0 fully saturated rings. The van der Waals surface area contributed by atoms with Crippen molar-refractivity contribution in [1.82, 2.24) is 4.98 Å². The van der Waals surface area contributed by atoms with E-state index >= 15 is 0 Å². The second-order valence-corrected chi connectivity index (χ2v) is 5.36. The standard InChI is InChI=1S/C18H13FN2O2/c1-23-16-8-4-7-15(17(16)19)21-10-14-12(18(21)22)9-11-5-2-3-6-13(11)20-14/h2-9H,10H2,1H3. The van der Waals surface area contributed by atoms with Gasteiger partial charge in [-0.1, -0.05) is 24.3 Å². The van der Waals surface area contributed by atoms with E-state index in [0.717, 1.165) is 10.9 Å². The zero-order valence-electron chi connectivity index (χ0n) is 12.4. The number of aromatic nitrogens is 1. The predicted molar refractivity (Wildman–Crippen MR) is 85.2 cm³/mol. The number of para-hydroxylation sites is 1. The molecule has 0 aliphatic carbocycles. The molecular weight excluding hydrogens is 295 g/mol. The van der Waals surface area contributed by atoms with Gasteiger partial charge in [0.15, 0.2) is 11.6 Å². The molecule has 1 amide bonds. The molecule has 114 valence electrons. The van der Waals surface area contributed by atoms with Crippen molar-refractivity contribution in [2.45, 2.75) is 6.54 Å². The third-order valence-corrected chi connectivity index (χ3v) is 4.04. The number of benzene rings is 2. The number of hydrogen-bond donors (Lipinski definition) is 0. The van der Waals surface area contributed by atoms with Crippen molar-refractivity contribution in [3.8, 4) is 5.75 Å². The topological polar surface area (TPSA) is 42.4 Å². The molecule has 0 atom stereocenters. The molecule has 1 aromatic heterocycles. The van der Waals surface area contributed by atoms with Crippen LogP contribution in [0.1, 0.15) is 16.1 Å². The van der Waals surface area contributed by atoms with Crippen molar-refractivity contribution < 1.29 is 13.9 Å². The molecule has 0 saturated heterocycles. The summed E-state index contributed by atoms with van der Waals surface area (Å²) in [7, 11) is 1.40. The number of amides is 1. The van der Waals surface area contributed by atoms with Gasteiger partial charge in [-0.3, -0.25) is 14.7 Å². The summed E-state index contributed by atoms with van der Waals surface area (Å²) in [6.45, 7) is 0.253. The van der Waals surface area contributed by atoms with Gasteiger partial charge >= 0.3 is 0 Å². The van der Waals surface area contributed by atoms with Gasteiger partial charge in [0.05, 0.1) is 36.1 Å². The molecule has 0 N–H and O–H groups in total. The summed E-state index contributed by atoms with van der Waals surface area (Å²) < 4.78 is 19.5. The smallest absolute Gasteiger partial charge is 0.260 e. The van der Waals surface area contributed by atoms with E-state index in [0.29, 0.717) is 11.3 Å². The maximum atomic E-state index is 14.5. The van der Waals surface area contributed by atoms with E-state index in [4.69, 9.17) is 4.74 Å². The van der Waals surface area contributed by atoms with Crippen LogP contribution in [0.4, 0.5) is 10.1 Å². The normalized spacial score (nSPS) is 13.5. The fourth-order valence-corrected chi connectivity index (χ4v) is 2.89. The summed E-state index contributed by atoms with van der Waals surface area (Å²) in [5.74, 6) is -0.671. The molecule has 4 nitrogen and oxygen atoms in total. The SMILES string of the molecule is COc1cccc(N2Cc3nc4ccccc4cc3C2=O)c1F. The Morgan fingerprint density at radius 1 is 1.17 bits per heavy atom. The maximum Gasteiger partial charge on any atom is 0.260 e. The van der Waals surface area contributed by atoms with Crippen LogP contribution in [-0.4, -0.2) is 18.0 Å². The van der Waals surface area contributed by atoms with Gasteiger partial charge in [0.2, 0.25) is 0 Å². The Morgan fingerprint density at radius 2 is 2.00 bits per heavy atom. The van der Waals surface area contributed by atoms with Crippen LogP contribution in [0.25, 0.3) is 10.9 Å². The minimum atomic E-state index is -0.541. The average Bonchev–Trinajstić information content (AvgIpc) is 2.89. The van der Waals surface area contributed by atoms with E-state index in [1.54, 1.807) is 12.1 Å². The Labute approximate surface area is 132 Å². The number of fused-ring (bicyclic) bond motifs is 2. The molecule has 0 radical (unpaired) electrons. The molecule has 0 unspecified atom stereocenters. The first-order chi connectivity index (χ1) is 11.2. The van der Waals surface area contributed by atoms with Crippen LogP contribution >= 0.6 is 0 Å². The highest BCUT2D eigenvalue weighted by molar-refractivity contribution is 6.11. The number of pyridine rings is 1. The number of anilines is 1. The van der Waals surface area contributed by atoms with Gasteiger partial charge < -0.3 is 4.74 Å². The lowest BCUT2D eigenvalue weighted by atomic mass is 10.1. The second-order valence-electron chi connectivity index (χ2n) is 5.36. The minimum Gasteiger partial charge on any atom is -0.494 e. The molecule has 0 bridgehead atoms. The van der Waals surface area contributed by atoms with Crippen LogP contribution in [0.2, 0.25) is 0 Å². The molecular formula is C18H13FN2O2. The fourth-order valence-electron chi connectivity index (χ4n) is 2.89. The lowest BCUT2D eigenvalue weighted by Crippen LogP contribution is -2.24. The third kappa shape index (κ3) is 2.04. The van der Waals surface area contributed by atoms with Crippen LogP contribution < -0.4 is 9.64 Å².